The predicted molar refractivity (Wildman–Crippen MR) is 138 cm³/mol. The fourth-order valence-corrected chi connectivity index (χ4v) is 3.93. The van der Waals surface area contributed by atoms with Crippen molar-refractivity contribution in [2.45, 2.75) is 0 Å². The molecular weight excluding hydrogens is 452 g/mol. The van der Waals surface area contributed by atoms with E-state index in [1.54, 1.807) is 10.7 Å². The minimum absolute atomic E-state index is 0.0811. The first-order valence-electron chi connectivity index (χ1n) is 11.4. The number of hydrogen-bond acceptors (Lipinski definition) is 6. The molecule has 0 spiro atoms. The Morgan fingerprint density at radius 3 is 2.47 bits per heavy atom. The molecule has 8 nitrogen and oxygen atoms in total. The van der Waals surface area contributed by atoms with E-state index in [9.17, 15) is 4.79 Å². The van der Waals surface area contributed by atoms with Gasteiger partial charge in [-0.15, -0.1) is 10.2 Å². The summed E-state index contributed by atoms with van der Waals surface area (Å²) in [6.07, 6.45) is 1.71. The summed E-state index contributed by atoms with van der Waals surface area (Å²) in [5.41, 5.74) is 3.64. The Morgan fingerprint density at radius 1 is 0.806 bits per heavy atom. The molecule has 0 saturated carbocycles. The highest BCUT2D eigenvalue weighted by Gasteiger charge is 2.12. The number of anilines is 1. The van der Waals surface area contributed by atoms with E-state index < -0.39 is 0 Å². The number of hydrogen-bond donors (Lipinski definition) is 1. The van der Waals surface area contributed by atoms with Crippen molar-refractivity contribution < 1.29 is 9.53 Å². The second-order valence-corrected chi connectivity index (χ2v) is 8.15. The summed E-state index contributed by atoms with van der Waals surface area (Å²) in [6, 6.07) is 30.6. The van der Waals surface area contributed by atoms with Gasteiger partial charge in [0.1, 0.15) is 11.4 Å². The monoisotopic (exact) mass is 472 g/mol. The second-order valence-electron chi connectivity index (χ2n) is 8.15. The standard InChI is InChI=1S/C28H20N6O2/c35-27(18-36-23-13-10-19-5-1-2-6-21(19)17-23)30-22-11-8-20(9-12-22)24-14-15-26-31-32-28(34(26)33-24)25-7-3-4-16-29-25/h1-17H,18H2,(H,30,35). The number of amides is 1. The summed E-state index contributed by atoms with van der Waals surface area (Å²) in [4.78, 5) is 16.8. The molecule has 3 aromatic carbocycles. The number of benzene rings is 3. The lowest BCUT2D eigenvalue weighted by Crippen LogP contribution is -2.20. The van der Waals surface area contributed by atoms with Crippen molar-refractivity contribution >= 4 is 28.0 Å². The molecule has 8 heteroatoms. The van der Waals surface area contributed by atoms with Crippen LogP contribution in [0.15, 0.2) is 103 Å². The molecule has 1 N–H and O–H groups in total. The van der Waals surface area contributed by atoms with Crippen molar-refractivity contribution in [3.05, 3.63) is 103 Å². The molecule has 36 heavy (non-hydrogen) atoms. The fraction of sp³-hybridized carbons (Fsp3) is 0.0357. The van der Waals surface area contributed by atoms with Gasteiger partial charge in [0.25, 0.3) is 5.91 Å². The summed E-state index contributed by atoms with van der Waals surface area (Å²) in [7, 11) is 0. The van der Waals surface area contributed by atoms with Gasteiger partial charge in [-0.3, -0.25) is 9.78 Å². The third-order valence-electron chi connectivity index (χ3n) is 5.71. The van der Waals surface area contributed by atoms with E-state index in [-0.39, 0.29) is 12.5 Å². The van der Waals surface area contributed by atoms with Crippen molar-refractivity contribution in [3.63, 3.8) is 0 Å². The third-order valence-corrected chi connectivity index (χ3v) is 5.71. The maximum Gasteiger partial charge on any atom is 0.262 e. The highest BCUT2D eigenvalue weighted by Crippen LogP contribution is 2.23. The number of carbonyl (C=O) groups is 1. The summed E-state index contributed by atoms with van der Waals surface area (Å²) in [6.45, 7) is -0.0811. The average Bonchev–Trinajstić information content (AvgIpc) is 3.36. The van der Waals surface area contributed by atoms with E-state index in [1.807, 2.05) is 97.1 Å². The topological polar surface area (TPSA) is 94.3 Å². The maximum atomic E-state index is 12.4. The molecule has 6 rings (SSSR count). The molecule has 0 unspecified atom stereocenters. The van der Waals surface area contributed by atoms with Gasteiger partial charge in [0.15, 0.2) is 12.3 Å². The van der Waals surface area contributed by atoms with E-state index >= 15 is 0 Å². The predicted octanol–water partition coefficient (Wildman–Crippen LogP) is 5.02. The Balaban J connectivity index is 1.14. The first kappa shape index (κ1) is 21.4. The number of carbonyl (C=O) groups excluding carboxylic acids is 1. The molecule has 0 fully saturated rings. The van der Waals surface area contributed by atoms with Gasteiger partial charge in [-0.25, -0.2) is 0 Å². The molecule has 0 aliphatic heterocycles. The summed E-state index contributed by atoms with van der Waals surface area (Å²) >= 11 is 0. The molecule has 0 aliphatic carbocycles. The number of rotatable bonds is 6. The smallest absolute Gasteiger partial charge is 0.262 e. The molecule has 3 heterocycles. The fourth-order valence-electron chi connectivity index (χ4n) is 3.93. The first-order chi connectivity index (χ1) is 17.7. The lowest BCUT2D eigenvalue weighted by atomic mass is 10.1. The highest BCUT2D eigenvalue weighted by molar-refractivity contribution is 5.92. The van der Waals surface area contributed by atoms with Crippen molar-refractivity contribution in [2.24, 2.45) is 0 Å². The number of pyridine rings is 1. The molecule has 3 aromatic heterocycles. The number of ether oxygens (including phenoxy) is 1. The molecular formula is C28H20N6O2. The van der Waals surface area contributed by atoms with Gasteiger partial charge in [0.2, 0.25) is 5.82 Å². The summed E-state index contributed by atoms with van der Waals surface area (Å²) < 4.78 is 7.36. The zero-order valence-corrected chi connectivity index (χ0v) is 19.1. The zero-order chi connectivity index (χ0) is 24.3. The van der Waals surface area contributed by atoms with E-state index in [1.165, 1.54) is 0 Å². The van der Waals surface area contributed by atoms with Crippen molar-refractivity contribution in [1.82, 2.24) is 24.8 Å². The van der Waals surface area contributed by atoms with E-state index in [2.05, 4.69) is 20.5 Å². The Hall–Kier alpha value is -5.11. The molecule has 0 aliphatic rings. The van der Waals surface area contributed by atoms with Gasteiger partial charge in [-0.05, 0) is 59.3 Å². The highest BCUT2D eigenvalue weighted by atomic mass is 16.5. The normalized spacial score (nSPS) is 11.0. The second kappa shape index (κ2) is 9.27. The van der Waals surface area contributed by atoms with Gasteiger partial charge >= 0.3 is 0 Å². The van der Waals surface area contributed by atoms with Gasteiger partial charge in [-0.2, -0.15) is 9.61 Å². The Bertz CT molecular complexity index is 1680. The number of fused-ring (bicyclic) bond motifs is 2. The Kier molecular flexibility index (Phi) is 5.51. The first-order valence-corrected chi connectivity index (χ1v) is 11.4. The van der Waals surface area contributed by atoms with Gasteiger partial charge in [0, 0.05) is 17.4 Å². The van der Waals surface area contributed by atoms with Crippen LogP contribution in [0.2, 0.25) is 0 Å². The van der Waals surface area contributed by atoms with Crippen LogP contribution in [-0.2, 0) is 4.79 Å². The van der Waals surface area contributed by atoms with E-state index in [0.29, 0.717) is 28.6 Å². The van der Waals surface area contributed by atoms with Crippen LogP contribution in [0.1, 0.15) is 0 Å². The summed E-state index contributed by atoms with van der Waals surface area (Å²) in [5, 5.41) is 18.2. The minimum Gasteiger partial charge on any atom is -0.484 e. The molecule has 0 radical (unpaired) electrons. The Labute approximate surface area is 206 Å². The van der Waals surface area contributed by atoms with Crippen molar-refractivity contribution in [1.29, 1.82) is 0 Å². The lowest BCUT2D eigenvalue weighted by Gasteiger charge is -2.09. The quantitative estimate of drug-likeness (QED) is 0.366. The number of aromatic nitrogens is 5. The molecule has 1 amide bonds. The van der Waals surface area contributed by atoms with Crippen molar-refractivity contribution in [3.8, 4) is 28.5 Å². The van der Waals surface area contributed by atoms with E-state index in [0.717, 1.165) is 22.0 Å². The molecule has 0 bridgehead atoms. The van der Waals surface area contributed by atoms with Crippen LogP contribution in [-0.4, -0.2) is 37.3 Å². The van der Waals surface area contributed by atoms with Crippen LogP contribution >= 0.6 is 0 Å². The molecule has 0 atom stereocenters. The van der Waals surface area contributed by atoms with Crippen LogP contribution in [0.5, 0.6) is 5.75 Å². The maximum absolute atomic E-state index is 12.4. The largest absolute Gasteiger partial charge is 0.484 e. The third kappa shape index (κ3) is 4.35. The molecule has 0 saturated heterocycles. The Morgan fingerprint density at radius 2 is 1.64 bits per heavy atom. The van der Waals surface area contributed by atoms with Crippen LogP contribution in [0.3, 0.4) is 0 Å². The molecule has 174 valence electrons. The van der Waals surface area contributed by atoms with E-state index in [4.69, 9.17) is 9.84 Å². The van der Waals surface area contributed by atoms with Gasteiger partial charge in [-0.1, -0.05) is 48.5 Å². The SMILES string of the molecule is O=C(COc1ccc2ccccc2c1)Nc1ccc(-c2ccc3nnc(-c4ccccn4)n3n2)cc1. The molecule has 6 aromatic rings. The van der Waals surface area contributed by atoms with Crippen molar-refractivity contribution in [2.75, 3.05) is 11.9 Å². The van der Waals surface area contributed by atoms with Crippen LogP contribution in [0.25, 0.3) is 39.2 Å². The zero-order valence-electron chi connectivity index (χ0n) is 19.1. The minimum atomic E-state index is -0.236. The van der Waals surface area contributed by atoms with Crippen LogP contribution in [0, 0.1) is 0 Å². The number of nitrogens with one attached hydrogen (secondary N) is 1. The number of nitrogens with zero attached hydrogens (tertiary/aromatic N) is 5. The average molecular weight is 473 g/mol. The van der Waals surface area contributed by atoms with Crippen LogP contribution < -0.4 is 10.1 Å². The summed E-state index contributed by atoms with van der Waals surface area (Å²) in [5.74, 6) is 0.988. The van der Waals surface area contributed by atoms with Crippen LogP contribution in [0.4, 0.5) is 5.69 Å². The van der Waals surface area contributed by atoms with Gasteiger partial charge in [0.05, 0.1) is 5.69 Å². The lowest BCUT2D eigenvalue weighted by molar-refractivity contribution is -0.118. The van der Waals surface area contributed by atoms with Gasteiger partial charge < -0.3 is 10.1 Å².